The zero-order valence-corrected chi connectivity index (χ0v) is 20.5. The van der Waals surface area contributed by atoms with Crippen LogP contribution in [0, 0.1) is 17.0 Å². The number of esters is 1. The quantitative estimate of drug-likeness (QED) is 0.267. The Morgan fingerprint density at radius 1 is 1.11 bits per heavy atom. The molecule has 37 heavy (non-hydrogen) atoms. The molecule has 1 aliphatic heterocycles. The van der Waals surface area contributed by atoms with Crippen molar-refractivity contribution in [2.75, 3.05) is 0 Å². The van der Waals surface area contributed by atoms with Crippen LogP contribution in [0.5, 0.6) is 0 Å². The Kier molecular flexibility index (Phi) is 6.48. The Morgan fingerprint density at radius 3 is 2.59 bits per heavy atom. The number of nitrogens with one attached hydrogen (secondary N) is 1. The first-order valence-electron chi connectivity index (χ1n) is 12.1. The molecule has 8 nitrogen and oxygen atoms in total. The minimum absolute atomic E-state index is 0.0652. The van der Waals surface area contributed by atoms with Crippen molar-refractivity contribution in [1.82, 2.24) is 5.32 Å². The average molecular weight is 499 g/mol. The number of dihydropyridines is 1. The highest BCUT2D eigenvalue weighted by Gasteiger charge is 2.42. The standard InChI is InChI=1S/C29H26N2O6/c1-17-10-11-20(14-23(17)31(34)35)27-26(29(33)37-16-19-7-4-3-5-8-19)18(2)30-22-13-21(15-24(32)28(22)27)25-9-6-12-36-25/h3-12,14,21,27,30H,13,15-16H2,1-2H3/t21-,27-/m1/s1. The molecule has 0 bridgehead atoms. The van der Waals surface area contributed by atoms with Gasteiger partial charge in [0.25, 0.3) is 5.69 Å². The molecule has 0 fully saturated rings. The van der Waals surface area contributed by atoms with E-state index >= 15 is 0 Å². The first-order chi connectivity index (χ1) is 17.8. The van der Waals surface area contributed by atoms with E-state index in [1.165, 1.54) is 6.07 Å². The van der Waals surface area contributed by atoms with Gasteiger partial charge < -0.3 is 14.5 Å². The minimum Gasteiger partial charge on any atom is -0.469 e. The number of benzene rings is 2. The fourth-order valence-corrected chi connectivity index (χ4v) is 5.17. The van der Waals surface area contributed by atoms with E-state index in [1.807, 2.05) is 36.4 Å². The molecule has 2 atom stereocenters. The number of carbonyl (C=O) groups is 2. The maximum absolute atomic E-state index is 13.6. The number of nitro groups is 1. The number of rotatable bonds is 6. The molecule has 8 heteroatoms. The van der Waals surface area contributed by atoms with E-state index in [2.05, 4.69) is 5.32 Å². The van der Waals surface area contributed by atoms with Crippen LogP contribution >= 0.6 is 0 Å². The lowest BCUT2D eigenvalue weighted by Crippen LogP contribution is -2.36. The molecule has 5 rings (SSSR count). The molecule has 2 aliphatic rings. The van der Waals surface area contributed by atoms with Gasteiger partial charge in [0.15, 0.2) is 5.78 Å². The molecule has 0 unspecified atom stereocenters. The summed E-state index contributed by atoms with van der Waals surface area (Å²) in [5.41, 5.74) is 3.73. The monoisotopic (exact) mass is 498 g/mol. The summed E-state index contributed by atoms with van der Waals surface area (Å²) in [5.74, 6) is -0.914. The number of ketones is 1. The highest BCUT2D eigenvalue weighted by molar-refractivity contribution is 6.04. The van der Waals surface area contributed by atoms with Gasteiger partial charge in [0, 0.05) is 46.9 Å². The van der Waals surface area contributed by atoms with Gasteiger partial charge in [-0.2, -0.15) is 0 Å². The van der Waals surface area contributed by atoms with Gasteiger partial charge in [0.05, 0.1) is 16.8 Å². The van der Waals surface area contributed by atoms with Crippen LogP contribution in [-0.4, -0.2) is 16.7 Å². The zero-order chi connectivity index (χ0) is 26.1. The lowest BCUT2D eigenvalue weighted by molar-refractivity contribution is -0.385. The van der Waals surface area contributed by atoms with Crippen LogP contribution in [-0.2, 0) is 20.9 Å². The first kappa shape index (κ1) is 24.2. The van der Waals surface area contributed by atoms with E-state index in [0.717, 1.165) is 11.3 Å². The third-order valence-corrected chi connectivity index (χ3v) is 6.97. The van der Waals surface area contributed by atoms with Gasteiger partial charge in [-0.1, -0.05) is 42.5 Å². The van der Waals surface area contributed by atoms with Crippen molar-refractivity contribution in [2.45, 2.75) is 45.1 Å². The van der Waals surface area contributed by atoms with E-state index in [9.17, 15) is 19.7 Å². The van der Waals surface area contributed by atoms with Crippen molar-refractivity contribution in [1.29, 1.82) is 0 Å². The molecule has 188 valence electrons. The van der Waals surface area contributed by atoms with E-state index in [4.69, 9.17) is 9.15 Å². The maximum Gasteiger partial charge on any atom is 0.337 e. The van der Waals surface area contributed by atoms with E-state index in [1.54, 1.807) is 38.3 Å². The third-order valence-electron chi connectivity index (χ3n) is 6.97. The van der Waals surface area contributed by atoms with Crippen LogP contribution in [0.25, 0.3) is 0 Å². The number of allylic oxidation sites excluding steroid dienone is 3. The number of ether oxygens (including phenoxy) is 1. The first-order valence-corrected chi connectivity index (χ1v) is 12.1. The summed E-state index contributed by atoms with van der Waals surface area (Å²) >= 11 is 0. The number of nitro benzene ring substituents is 1. The molecule has 0 amide bonds. The summed E-state index contributed by atoms with van der Waals surface area (Å²) in [5, 5.41) is 15.0. The van der Waals surface area contributed by atoms with Gasteiger partial charge in [0.2, 0.25) is 0 Å². The average Bonchev–Trinajstić information content (AvgIpc) is 3.42. The third kappa shape index (κ3) is 4.70. The molecule has 1 aliphatic carbocycles. The lowest BCUT2D eigenvalue weighted by Gasteiger charge is -2.36. The number of hydrogen-bond acceptors (Lipinski definition) is 7. The Bertz CT molecular complexity index is 1440. The highest BCUT2D eigenvalue weighted by atomic mass is 16.6. The molecule has 1 aromatic heterocycles. The molecule has 2 heterocycles. The summed E-state index contributed by atoms with van der Waals surface area (Å²) in [4.78, 5) is 38.4. The molecule has 0 saturated heterocycles. The fourth-order valence-electron chi connectivity index (χ4n) is 5.17. The van der Waals surface area contributed by atoms with Crippen molar-refractivity contribution in [3.05, 3.63) is 122 Å². The van der Waals surface area contributed by atoms with Crippen LogP contribution in [0.1, 0.15) is 54.1 Å². The highest BCUT2D eigenvalue weighted by Crippen LogP contribution is 2.46. The predicted octanol–water partition coefficient (Wildman–Crippen LogP) is 5.60. The van der Waals surface area contributed by atoms with Crippen molar-refractivity contribution in [3.8, 4) is 0 Å². The smallest absolute Gasteiger partial charge is 0.337 e. The summed E-state index contributed by atoms with van der Waals surface area (Å²) < 4.78 is 11.2. The van der Waals surface area contributed by atoms with Crippen LogP contribution in [0.4, 0.5) is 5.69 Å². The molecule has 1 N–H and O–H groups in total. The topological polar surface area (TPSA) is 112 Å². The summed E-state index contributed by atoms with van der Waals surface area (Å²) in [6, 6.07) is 17.8. The van der Waals surface area contributed by atoms with Crippen molar-refractivity contribution < 1.29 is 23.7 Å². The van der Waals surface area contributed by atoms with Crippen LogP contribution < -0.4 is 5.32 Å². The SMILES string of the molecule is CC1=C(C(=O)OCc2ccccc2)[C@@H](c2ccc(C)c([N+](=O)[O-])c2)C2=C(C[C@@H](c3ccco3)CC2=O)N1. The number of aryl methyl sites for hydroxylation is 1. The van der Waals surface area contributed by atoms with E-state index in [0.29, 0.717) is 34.5 Å². The van der Waals surface area contributed by atoms with E-state index < -0.39 is 16.8 Å². The Labute approximate surface area is 213 Å². The Morgan fingerprint density at radius 2 is 1.89 bits per heavy atom. The number of Topliss-reactive ketones (excluding diaryl/α,β-unsaturated/α-hetero) is 1. The predicted molar refractivity (Wildman–Crippen MR) is 135 cm³/mol. The lowest BCUT2D eigenvalue weighted by atomic mass is 9.72. The molecular formula is C29H26N2O6. The van der Waals surface area contributed by atoms with Gasteiger partial charge in [0.1, 0.15) is 12.4 Å². The number of hydrogen-bond donors (Lipinski definition) is 1. The molecule has 2 aromatic carbocycles. The largest absolute Gasteiger partial charge is 0.469 e. The van der Waals surface area contributed by atoms with Crippen molar-refractivity contribution in [3.63, 3.8) is 0 Å². The van der Waals surface area contributed by atoms with Gasteiger partial charge in [-0.15, -0.1) is 0 Å². The second-order valence-corrected chi connectivity index (χ2v) is 9.40. The second-order valence-electron chi connectivity index (χ2n) is 9.40. The Balaban J connectivity index is 1.57. The molecule has 0 radical (unpaired) electrons. The van der Waals surface area contributed by atoms with Crippen molar-refractivity contribution >= 4 is 17.4 Å². The number of furan rings is 1. The van der Waals surface area contributed by atoms with Gasteiger partial charge in [-0.25, -0.2) is 4.79 Å². The van der Waals surface area contributed by atoms with Crippen LogP contribution in [0.2, 0.25) is 0 Å². The second kappa shape index (κ2) is 9.89. The molecule has 3 aromatic rings. The van der Waals surface area contributed by atoms with Crippen LogP contribution in [0.3, 0.4) is 0 Å². The van der Waals surface area contributed by atoms with Gasteiger partial charge in [-0.3, -0.25) is 14.9 Å². The van der Waals surface area contributed by atoms with Gasteiger partial charge in [-0.05, 0) is 43.5 Å². The minimum atomic E-state index is -0.788. The molecule has 0 saturated carbocycles. The Hall–Kier alpha value is -4.46. The summed E-state index contributed by atoms with van der Waals surface area (Å²) in [7, 11) is 0. The molecular weight excluding hydrogens is 472 g/mol. The molecule has 0 spiro atoms. The number of nitrogens with zero attached hydrogens (tertiary/aromatic N) is 1. The summed E-state index contributed by atoms with van der Waals surface area (Å²) in [6.07, 6.45) is 2.31. The van der Waals surface area contributed by atoms with E-state index in [-0.39, 0.29) is 36.0 Å². The maximum atomic E-state index is 13.6. The van der Waals surface area contributed by atoms with Crippen molar-refractivity contribution in [2.24, 2.45) is 0 Å². The van der Waals surface area contributed by atoms with Crippen LogP contribution in [0.15, 0.2) is 93.9 Å². The van der Waals surface area contributed by atoms with Gasteiger partial charge >= 0.3 is 5.97 Å². The zero-order valence-electron chi connectivity index (χ0n) is 20.5. The fraction of sp³-hybridized carbons (Fsp3) is 0.241. The normalized spacial score (nSPS) is 19.4. The number of carbonyl (C=O) groups excluding carboxylic acids is 2. The summed E-state index contributed by atoms with van der Waals surface area (Å²) in [6.45, 7) is 3.49.